The first-order valence-electron chi connectivity index (χ1n) is 9.31. The number of rotatable bonds is 7. The Hall–Kier alpha value is -2.14. The van der Waals surface area contributed by atoms with Crippen molar-refractivity contribution < 1.29 is 4.74 Å². The van der Waals surface area contributed by atoms with E-state index in [0.29, 0.717) is 19.0 Å². The maximum absolute atomic E-state index is 6.19. The normalized spacial score (nSPS) is 18.8. The number of aryl methyl sites for hydroxylation is 1. The molecule has 1 aliphatic rings. The quantitative estimate of drug-likeness (QED) is 0.777. The van der Waals surface area contributed by atoms with Crippen molar-refractivity contribution in [3.05, 3.63) is 47.4 Å². The number of pyridine rings is 1. The van der Waals surface area contributed by atoms with Gasteiger partial charge in [0.2, 0.25) is 5.88 Å². The highest BCUT2D eigenvalue weighted by atomic mass is 16.5. The minimum Gasteiger partial charge on any atom is -0.477 e. The van der Waals surface area contributed by atoms with Crippen LogP contribution in [0.4, 0.5) is 0 Å². The van der Waals surface area contributed by atoms with Crippen LogP contribution >= 0.6 is 0 Å². The first-order valence-corrected chi connectivity index (χ1v) is 9.31. The minimum absolute atomic E-state index is 0.102. The molecule has 1 aliphatic heterocycles. The van der Waals surface area contributed by atoms with Crippen molar-refractivity contribution in [1.29, 1.82) is 0 Å². The van der Waals surface area contributed by atoms with Crippen molar-refractivity contribution in [2.75, 3.05) is 6.61 Å². The van der Waals surface area contributed by atoms with E-state index in [4.69, 9.17) is 10.5 Å². The fourth-order valence-corrected chi connectivity index (χ4v) is 2.65. The van der Waals surface area contributed by atoms with Crippen LogP contribution in [0.25, 0.3) is 0 Å². The Bertz CT molecular complexity index is 698. The lowest BCUT2D eigenvalue weighted by atomic mass is 9.98. The maximum Gasteiger partial charge on any atom is 0.216 e. The molecule has 0 aromatic carbocycles. The molecule has 0 fully saturated rings. The molecule has 2 heterocycles. The van der Waals surface area contributed by atoms with Crippen molar-refractivity contribution in [2.24, 2.45) is 16.1 Å². The van der Waals surface area contributed by atoms with E-state index in [1.165, 1.54) is 0 Å². The van der Waals surface area contributed by atoms with Crippen molar-refractivity contribution in [1.82, 2.24) is 10.3 Å². The summed E-state index contributed by atoms with van der Waals surface area (Å²) in [4.78, 5) is 8.93. The Balaban J connectivity index is 1.98. The van der Waals surface area contributed by atoms with Gasteiger partial charge in [-0.3, -0.25) is 4.99 Å². The molecule has 0 bridgehead atoms. The van der Waals surface area contributed by atoms with Gasteiger partial charge in [-0.25, -0.2) is 4.98 Å². The summed E-state index contributed by atoms with van der Waals surface area (Å²) in [6.45, 7) is 12.0. The number of aromatic nitrogens is 1. The molecule has 26 heavy (non-hydrogen) atoms. The van der Waals surface area contributed by atoms with E-state index in [-0.39, 0.29) is 11.5 Å². The van der Waals surface area contributed by atoms with Gasteiger partial charge in [-0.2, -0.15) is 0 Å². The topological polar surface area (TPSA) is 72.5 Å². The molecule has 1 aromatic heterocycles. The number of nitrogens with one attached hydrogen (secondary N) is 1. The van der Waals surface area contributed by atoms with Crippen LogP contribution in [0.5, 0.6) is 5.88 Å². The van der Waals surface area contributed by atoms with Crippen LogP contribution in [0.15, 0.2) is 41.3 Å². The molecule has 142 valence electrons. The predicted molar refractivity (Wildman–Crippen MR) is 108 cm³/mol. The lowest BCUT2D eigenvalue weighted by Crippen LogP contribution is -2.29. The fraction of sp³-hybridized carbons (Fsp3) is 0.524. The standard InChI is InChI=1S/C21H32N4O/c1-6-7-19-17(18(22)8-9-24-19)13-23-11-16-10-15(2)20(25-12-16)26-14-21(3,4)5/h8-10,12-13,18,23H,6-7,11,14,22H2,1-5H3/b17-13+. The second kappa shape index (κ2) is 8.99. The molecule has 0 amide bonds. The largest absolute Gasteiger partial charge is 0.477 e. The summed E-state index contributed by atoms with van der Waals surface area (Å²) >= 11 is 0. The highest BCUT2D eigenvalue weighted by Gasteiger charge is 2.15. The van der Waals surface area contributed by atoms with Gasteiger partial charge in [-0.1, -0.05) is 34.1 Å². The Morgan fingerprint density at radius 1 is 1.35 bits per heavy atom. The van der Waals surface area contributed by atoms with Gasteiger partial charge in [0.15, 0.2) is 0 Å². The summed E-state index contributed by atoms with van der Waals surface area (Å²) in [6, 6.07) is 2.01. The average molecular weight is 357 g/mol. The molecule has 1 aromatic rings. The second-order valence-electron chi connectivity index (χ2n) is 7.99. The van der Waals surface area contributed by atoms with Gasteiger partial charge in [0.1, 0.15) is 0 Å². The van der Waals surface area contributed by atoms with Crippen LogP contribution in [-0.2, 0) is 6.54 Å². The van der Waals surface area contributed by atoms with Crippen LogP contribution < -0.4 is 15.8 Å². The summed E-state index contributed by atoms with van der Waals surface area (Å²) < 4.78 is 5.83. The third-order valence-electron chi connectivity index (χ3n) is 4.00. The van der Waals surface area contributed by atoms with E-state index in [9.17, 15) is 0 Å². The maximum atomic E-state index is 6.19. The van der Waals surface area contributed by atoms with Crippen LogP contribution in [0.2, 0.25) is 0 Å². The molecule has 2 rings (SSSR count). The number of ether oxygens (including phenoxy) is 1. The Morgan fingerprint density at radius 2 is 2.12 bits per heavy atom. The number of aliphatic imine (C=N–C) groups is 1. The molecule has 1 atom stereocenters. The predicted octanol–water partition coefficient (Wildman–Crippen LogP) is 3.88. The first kappa shape index (κ1) is 20.2. The first-order chi connectivity index (χ1) is 12.3. The monoisotopic (exact) mass is 356 g/mol. The van der Waals surface area contributed by atoms with E-state index in [1.807, 2.05) is 25.4 Å². The zero-order valence-electron chi connectivity index (χ0n) is 16.7. The molecule has 0 spiro atoms. The average Bonchev–Trinajstić information content (AvgIpc) is 2.56. The Labute approximate surface area is 157 Å². The van der Waals surface area contributed by atoms with Crippen LogP contribution in [0, 0.1) is 12.3 Å². The van der Waals surface area contributed by atoms with Crippen molar-refractivity contribution in [2.45, 2.75) is 60.0 Å². The summed E-state index contributed by atoms with van der Waals surface area (Å²) in [5, 5.41) is 3.36. The summed E-state index contributed by atoms with van der Waals surface area (Å²) in [6.07, 6.45) is 9.55. The highest BCUT2D eigenvalue weighted by Crippen LogP contribution is 2.20. The van der Waals surface area contributed by atoms with E-state index in [2.05, 4.69) is 49.1 Å². The Morgan fingerprint density at radius 3 is 2.77 bits per heavy atom. The molecule has 0 aliphatic carbocycles. The Kier molecular flexibility index (Phi) is 6.98. The van der Waals surface area contributed by atoms with Gasteiger partial charge in [-0.05, 0) is 36.5 Å². The highest BCUT2D eigenvalue weighted by molar-refractivity contribution is 6.02. The number of hydrogen-bond donors (Lipinski definition) is 2. The smallest absolute Gasteiger partial charge is 0.216 e. The summed E-state index contributed by atoms with van der Waals surface area (Å²) in [7, 11) is 0. The van der Waals surface area contributed by atoms with Gasteiger partial charge in [0.25, 0.3) is 0 Å². The van der Waals surface area contributed by atoms with Gasteiger partial charge >= 0.3 is 0 Å². The van der Waals surface area contributed by atoms with Crippen molar-refractivity contribution in [3.63, 3.8) is 0 Å². The number of hydrogen-bond acceptors (Lipinski definition) is 5. The second-order valence-corrected chi connectivity index (χ2v) is 7.99. The molecule has 0 saturated heterocycles. The minimum atomic E-state index is -0.102. The van der Waals surface area contributed by atoms with E-state index in [0.717, 1.165) is 35.3 Å². The molecular weight excluding hydrogens is 324 g/mol. The van der Waals surface area contributed by atoms with E-state index >= 15 is 0 Å². The van der Waals surface area contributed by atoms with Crippen LogP contribution in [0.1, 0.15) is 51.7 Å². The molecule has 3 N–H and O–H groups in total. The molecule has 0 radical (unpaired) electrons. The molecular formula is C21H32N4O. The zero-order valence-corrected chi connectivity index (χ0v) is 16.7. The molecule has 5 heteroatoms. The third-order valence-corrected chi connectivity index (χ3v) is 4.00. The van der Waals surface area contributed by atoms with Crippen LogP contribution in [-0.4, -0.2) is 23.3 Å². The van der Waals surface area contributed by atoms with E-state index in [1.54, 1.807) is 6.20 Å². The van der Waals surface area contributed by atoms with Crippen molar-refractivity contribution in [3.8, 4) is 5.88 Å². The molecule has 5 nitrogen and oxygen atoms in total. The molecule has 1 unspecified atom stereocenters. The van der Waals surface area contributed by atoms with Gasteiger partial charge in [0.05, 0.1) is 12.6 Å². The summed E-state index contributed by atoms with van der Waals surface area (Å²) in [5.74, 6) is 0.707. The summed E-state index contributed by atoms with van der Waals surface area (Å²) in [5.41, 5.74) is 10.6. The molecule has 0 saturated carbocycles. The fourth-order valence-electron chi connectivity index (χ4n) is 2.65. The number of nitrogens with zero attached hydrogens (tertiary/aromatic N) is 2. The lowest BCUT2D eigenvalue weighted by molar-refractivity contribution is 0.190. The van der Waals surface area contributed by atoms with Crippen molar-refractivity contribution >= 4 is 5.71 Å². The lowest BCUT2D eigenvalue weighted by Gasteiger charge is -2.19. The van der Waals surface area contributed by atoms with Gasteiger partial charge in [-0.15, -0.1) is 0 Å². The van der Waals surface area contributed by atoms with E-state index < -0.39 is 0 Å². The third kappa shape index (κ3) is 5.99. The number of nitrogens with two attached hydrogens (primary N) is 1. The SMILES string of the molecule is CCCC1=NC=CC(N)/C1=C\NCc1cnc(OCC(C)(C)C)c(C)c1. The van der Waals surface area contributed by atoms with Gasteiger partial charge < -0.3 is 15.8 Å². The van der Waals surface area contributed by atoms with Crippen LogP contribution in [0.3, 0.4) is 0 Å². The zero-order chi connectivity index (χ0) is 19.2. The van der Waals surface area contributed by atoms with Gasteiger partial charge in [0, 0.05) is 42.0 Å².